The summed E-state index contributed by atoms with van der Waals surface area (Å²) >= 11 is 6.81. The Balaban J connectivity index is 1.80. The lowest BCUT2D eigenvalue weighted by molar-refractivity contribution is -0.127. The van der Waals surface area contributed by atoms with Crippen molar-refractivity contribution >= 4 is 37.8 Å². The molecule has 4 nitrogen and oxygen atoms in total. The van der Waals surface area contributed by atoms with Gasteiger partial charge in [-0.15, -0.1) is 0 Å². The Kier molecular flexibility index (Phi) is 7.12. The summed E-state index contributed by atoms with van der Waals surface area (Å²) in [7, 11) is 1.64. The first-order chi connectivity index (χ1) is 11.5. The van der Waals surface area contributed by atoms with Crippen molar-refractivity contribution in [3.05, 3.63) is 57.0 Å². The van der Waals surface area contributed by atoms with Crippen LogP contribution in [-0.2, 0) is 11.2 Å². The number of carbonyl (C=O) groups excluding carboxylic acids is 1. The Morgan fingerprint density at radius 3 is 2.50 bits per heavy atom. The summed E-state index contributed by atoms with van der Waals surface area (Å²) in [6.45, 7) is 2.29. The van der Waals surface area contributed by atoms with Gasteiger partial charge in [-0.3, -0.25) is 4.79 Å². The zero-order valence-corrected chi connectivity index (χ0v) is 16.7. The Labute approximate surface area is 158 Å². The molecule has 0 saturated carbocycles. The van der Waals surface area contributed by atoms with Crippen LogP contribution >= 0.6 is 31.9 Å². The maximum absolute atomic E-state index is 12.1. The predicted octanol–water partition coefficient (Wildman–Crippen LogP) is 4.35. The number of rotatable bonds is 7. The molecule has 0 aliphatic rings. The second-order valence-corrected chi connectivity index (χ2v) is 6.99. The molecule has 0 aliphatic heterocycles. The second-order valence-electron chi connectivity index (χ2n) is 5.22. The molecule has 6 heteroatoms. The molecular formula is C18H19Br2NO3. The lowest BCUT2D eigenvalue weighted by Crippen LogP contribution is -2.37. The lowest BCUT2D eigenvalue weighted by atomic mass is 10.1. The van der Waals surface area contributed by atoms with Crippen LogP contribution in [0.25, 0.3) is 0 Å². The van der Waals surface area contributed by atoms with Gasteiger partial charge in [0.2, 0.25) is 0 Å². The van der Waals surface area contributed by atoms with Crippen molar-refractivity contribution in [3.8, 4) is 11.5 Å². The third-order valence-corrected chi connectivity index (χ3v) is 4.55. The first kappa shape index (κ1) is 18.8. The minimum atomic E-state index is -0.571. The zero-order chi connectivity index (χ0) is 17.5. The topological polar surface area (TPSA) is 47.6 Å². The van der Waals surface area contributed by atoms with Gasteiger partial charge in [-0.25, -0.2) is 0 Å². The minimum absolute atomic E-state index is 0.140. The first-order valence-electron chi connectivity index (χ1n) is 7.52. The van der Waals surface area contributed by atoms with E-state index in [4.69, 9.17) is 9.47 Å². The minimum Gasteiger partial charge on any atom is -0.497 e. The summed E-state index contributed by atoms with van der Waals surface area (Å²) in [6.07, 6.45) is 0.183. The summed E-state index contributed by atoms with van der Waals surface area (Å²) < 4.78 is 12.6. The summed E-state index contributed by atoms with van der Waals surface area (Å²) in [6, 6.07) is 13.4. The molecule has 0 saturated heterocycles. The molecule has 2 aromatic carbocycles. The van der Waals surface area contributed by atoms with Gasteiger partial charge in [0.15, 0.2) is 6.10 Å². The first-order valence-corrected chi connectivity index (χ1v) is 9.10. The van der Waals surface area contributed by atoms with E-state index in [2.05, 4.69) is 37.2 Å². The van der Waals surface area contributed by atoms with Crippen LogP contribution in [0, 0.1) is 0 Å². The standard InChI is InChI=1S/C18H19Br2NO3/c1-12(24-17-8-5-14(19)11-16(17)20)18(22)21-10-9-13-3-6-15(23-2)7-4-13/h3-8,11-12H,9-10H2,1-2H3,(H,21,22). The largest absolute Gasteiger partial charge is 0.497 e. The number of halogens is 2. The van der Waals surface area contributed by atoms with Crippen LogP contribution in [0.3, 0.4) is 0 Å². The van der Waals surface area contributed by atoms with Crippen LogP contribution < -0.4 is 14.8 Å². The van der Waals surface area contributed by atoms with Gasteiger partial charge in [-0.05, 0) is 65.2 Å². The van der Waals surface area contributed by atoms with Gasteiger partial charge < -0.3 is 14.8 Å². The molecule has 0 bridgehead atoms. The van der Waals surface area contributed by atoms with Crippen molar-refractivity contribution < 1.29 is 14.3 Å². The van der Waals surface area contributed by atoms with Gasteiger partial charge in [0.05, 0.1) is 11.6 Å². The fourth-order valence-electron chi connectivity index (χ4n) is 2.08. The van der Waals surface area contributed by atoms with E-state index >= 15 is 0 Å². The molecule has 0 spiro atoms. The molecule has 24 heavy (non-hydrogen) atoms. The lowest BCUT2D eigenvalue weighted by Gasteiger charge is -2.16. The molecule has 0 radical (unpaired) electrons. The van der Waals surface area contributed by atoms with E-state index in [0.29, 0.717) is 12.3 Å². The second kappa shape index (κ2) is 9.08. The van der Waals surface area contributed by atoms with Crippen molar-refractivity contribution in [2.75, 3.05) is 13.7 Å². The summed E-state index contributed by atoms with van der Waals surface area (Å²) in [5, 5.41) is 2.89. The maximum Gasteiger partial charge on any atom is 0.260 e. The van der Waals surface area contributed by atoms with E-state index in [9.17, 15) is 4.79 Å². The van der Waals surface area contributed by atoms with Crippen LogP contribution in [0.15, 0.2) is 51.4 Å². The molecule has 0 aliphatic carbocycles. The monoisotopic (exact) mass is 455 g/mol. The number of hydrogen-bond donors (Lipinski definition) is 1. The van der Waals surface area contributed by atoms with Gasteiger partial charge >= 0.3 is 0 Å². The van der Waals surface area contributed by atoms with Gasteiger partial charge in [0.25, 0.3) is 5.91 Å². The summed E-state index contributed by atoms with van der Waals surface area (Å²) in [5.41, 5.74) is 1.14. The Morgan fingerprint density at radius 2 is 1.88 bits per heavy atom. The quantitative estimate of drug-likeness (QED) is 0.673. The number of hydrogen-bond acceptors (Lipinski definition) is 3. The Hall–Kier alpha value is -1.53. The van der Waals surface area contributed by atoms with E-state index in [-0.39, 0.29) is 5.91 Å². The highest BCUT2D eigenvalue weighted by atomic mass is 79.9. The van der Waals surface area contributed by atoms with E-state index in [1.165, 1.54) is 0 Å². The molecule has 2 rings (SSSR count). The molecule has 0 heterocycles. The number of benzene rings is 2. The van der Waals surface area contributed by atoms with Crippen LogP contribution in [0.2, 0.25) is 0 Å². The predicted molar refractivity (Wildman–Crippen MR) is 102 cm³/mol. The van der Waals surface area contributed by atoms with Crippen molar-refractivity contribution in [1.82, 2.24) is 5.32 Å². The summed E-state index contributed by atoms with van der Waals surface area (Å²) in [4.78, 5) is 12.1. The van der Waals surface area contributed by atoms with Crippen molar-refractivity contribution in [2.45, 2.75) is 19.4 Å². The number of methoxy groups -OCH3 is 1. The number of nitrogens with one attached hydrogen (secondary N) is 1. The van der Waals surface area contributed by atoms with E-state index in [1.807, 2.05) is 42.5 Å². The van der Waals surface area contributed by atoms with Crippen LogP contribution in [0.5, 0.6) is 11.5 Å². The number of amides is 1. The average molecular weight is 457 g/mol. The number of carbonyl (C=O) groups is 1. The Bertz CT molecular complexity index is 689. The molecule has 1 atom stereocenters. The van der Waals surface area contributed by atoms with Gasteiger partial charge in [0.1, 0.15) is 11.5 Å². The molecule has 1 N–H and O–H groups in total. The molecular weight excluding hydrogens is 438 g/mol. The highest BCUT2D eigenvalue weighted by Crippen LogP contribution is 2.28. The van der Waals surface area contributed by atoms with Crippen LogP contribution in [0.4, 0.5) is 0 Å². The zero-order valence-electron chi connectivity index (χ0n) is 13.5. The Morgan fingerprint density at radius 1 is 1.17 bits per heavy atom. The molecule has 0 aromatic heterocycles. The molecule has 0 fully saturated rings. The van der Waals surface area contributed by atoms with Crippen molar-refractivity contribution in [3.63, 3.8) is 0 Å². The summed E-state index contributed by atoms with van der Waals surface area (Å²) in [5.74, 6) is 1.32. The SMILES string of the molecule is COc1ccc(CCNC(=O)C(C)Oc2ccc(Br)cc2Br)cc1. The van der Waals surface area contributed by atoms with E-state index in [0.717, 1.165) is 26.7 Å². The maximum atomic E-state index is 12.1. The smallest absolute Gasteiger partial charge is 0.260 e. The van der Waals surface area contributed by atoms with Gasteiger partial charge in [0, 0.05) is 11.0 Å². The van der Waals surface area contributed by atoms with E-state index < -0.39 is 6.10 Å². The normalized spacial score (nSPS) is 11.7. The van der Waals surface area contributed by atoms with Gasteiger partial charge in [-0.1, -0.05) is 28.1 Å². The molecule has 128 valence electrons. The van der Waals surface area contributed by atoms with E-state index in [1.54, 1.807) is 14.0 Å². The van der Waals surface area contributed by atoms with Crippen LogP contribution in [-0.4, -0.2) is 25.7 Å². The highest BCUT2D eigenvalue weighted by Gasteiger charge is 2.15. The molecule has 1 amide bonds. The average Bonchev–Trinajstić information content (AvgIpc) is 2.57. The van der Waals surface area contributed by atoms with Crippen LogP contribution in [0.1, 0.15) is 12.5 Å². The third kappa shape index (κ3) is 5.53. The van der Waals surface area contributed by atoms with Crippen molar-refractivity contribution in [1.29, 1.82) is 0 Å². The molecule has 2 aromatic rings. The van der Waals surface area contributed by atoms with Gasteiger partial charge in [-0.2, -0.15) is 0 Å². The highest BCUT2D eigenvalue weighted by molar-refractivity contribution is 9.11. The fraction of sp³-hybridized carbons (Fsp3) is 0.278. The van der Waals surface area contributed by atoms with Crippen molar-refractivity contribution in [2.24, 2.45) is 0 Å². The number of ether oxygens (including phenoxy) is 2. The molecule has 1 unspecified atom stereocenters. The third-order valence-electron chi connectivity index (χ3n) is 3.44. The fourth-order valence-corrected chi connectivity index (χ4v) is 3.22.